The van der Waals surface area contributed by atoms with E-state index >= 15 is 0 Å². The van der Waals surface area contributed by atoms with E-state index in [1.165, 1.54) is 0 Å². The van der Waals surface area contributed by atoms with E-state index in [0.29, 0.717) is 25.1 Å². The fourth-order valence-corrected chi connectivity index (χ4v) is 3.70. The van der Waals surface area contributed by atoms with Gasteiger partial charge in [-0.3, -0.25) is 14.3 Å². The average molecular weight is 404 g/mol. The van der Waals surface area contributed by atoms with Crippen molar-refractivity contribution in [2.24, 2.45) is 0 Å². The number of amides is 2. The topological polar surface area (TPSA) is 85.2 Å². The molecule has 2 aromatic carbocycles. The number of hydrogen-bond donors (Lipinski definition) is 2. The molecule has 154 valence electrons. The van der Waals surface area contributed by atoms with Crippen molar-refractivity contribution in [3.63, 3.8) is 0 Å². The van der Waals surface area contributed by atoms with Crippen LogP contribution in [0.25, 0.3) is 0 Å². The number of nitrogens with one attached hydrogen (secondary N) is 2. The highest BCUT2D eigenvalue weighted by molar-refractivity contribution is 5.95. The number of carbonyl (C=O) groups excluding carboxylic acids is 2. The van der Waals surface area contributed by atoms with Crippen LogP contribution in [0.5, 0.6) is 5.75 Å². The summed E-state index contributed by atoms with van der Waals surface area (Å²) in [5.41, 5.74) is 3.35. The minimum atomic E-state index is -0.150. The Morgan fingerprint density at radius 3 is 2.73 bits per heavy atom. The molecule has 2 heterocycles. The van der Waals surface area contributed by atoms with Crippen molar-refractivity contribution >= 4 is 11.8 Å². The summed E-state index contributed by atoms with van der Waals surface area (Å²) < 4.78 is 7.00. The second kappa shape index (κ2) is 8.82. The van der Waals surface area contributed by atoms with Gasteiger partial charge in [0, 0.05) is 13.0 Å². The number of ether oxygens (including phenoxy) is 1. The van der Waals surface area contributed by atoms with Gasteiger partial charge < -0.3 is 15.4 Å². The molecule has 0 radical (unpaired) electrons. The van der Waals surface area contributed by atoms with Gasteiger partial charge in [-0.1, -0.05) is 42.5 Å². The second-order valence-electron chi connectivity index (χ2n) is 7.35. The summed E-state index contributed by atoms with van der Waals surface area (Å²) in [5.74, 6) is 0.519. The predicted molar refractivity (Wildman–Crippen MR) is 112 cm³/mol. The Balaban J connectivity index is 1.33. The third kappa shape index (κ3) is 4.51. The monoisotopic (exact) mass is 404 g/mol. The minimum absolute atomic E-state index is 0.0610. The van der Waals surface area contributed by atoms with Crippen LogP contribution in [0.1, 0.15) is 27.2 Å². The fourth-order valence-electron chi connectivity index (χ4n) is 3.70. The van der Waals surface area contributed by atoms with Crippen molar-refractivity contribution in [2.45, 2.75) is 32.0 Å². The van der Waals surface area contributed by atoms with E-state index in [0.717, 1.165) is 22.6 Å². The van der Waals surface area contributed by atoms with Gasteiger partial charge in [-0.2, -0.15) is 5.10 Å². The van der Waals surface area contributed by atoms with Crippen LogP contribution in [-0.2, 0) is 30.7 Å². The molecule has 1 aromatic heterocycles. The molecule has 7 nitrogen and oxygen atoms in total. The molecule has 0 saturated heterocycles. The van der Waals surface area contributed by atoms with E-state index in [-0.39, 0.29) is 24.3 Å². The molecule has 0 aliphatic carbocycles. The molecule has 0 saturated carbocycles. The van der Waals surface area contributed by atoms with E-state index in [1.807, 2.05) is 54.6 Å². The summed E-state index contributed by atoms with van der Waals surface area (Å²) in [5, 5.41) is 10.3. The Morgan fingerprint density at radius 2 is 1.93 bits per heavy atom. The quantitative estimate of drug-likeness (QED) is 0.632. The van der Waals surface area contributed by atoms with Crippen LogP contribution in [0.4, 0.5) is 0 Å². The number of hydrogen-bond acceptors (Lipinski definition) is 4. The number of carbonyl (C=O) groups is 2. The van der Waals surface area contributed by atoms with Gasteiger partial charge >= 0.3 is 0 Å². The molecule has 4 rings (SSSR count). The molecule has 0 unspecified atom stereocenters. The normalized spacial score (nSPS) is 14.8. The van der Waals surface area contributed by atoms with Crippen LogP contribution >= 0.6 is 0 Å². The molecule has 2 amide bonds. The van der Waals surface area contributed by atoms with Crippen LogP contribution in [0.15, 0.2) is 60.8 Å². The Labute approximate surface area is 175 Å². The van der Waals surface area contributed by atoms with Gasteiger partial charge in [0.25, 0.3) is 5.91 Å². The summed E-state index contributed by atoms with van der Waals surface area (Å²) in [6.07, 6.45) is 2.46. The Kier molecular flexibility index (Phi) is 5.79. The first-order valence-corrected chi connectivity index (χ1v) is 9.91. The van der Waals surface area contributed by atoms with Gasteiger partial charge in [-0.25, -0.2) is 0 Å². The number of rotatable bonds is 7. The summed E-state index contributed by atoms with van der Waals surface area (Å²) in [4.78, 5) is 25.1. The number of fused-ring (bicyclic) bond motifs is 1. The molecule has 1 atom stereocenters. The van der Waals surface area contributed by atoms with Gasteiger partial charge in [0.2, 0.25) is 5.91 Å². The number of methoxy groups -OCH3 is 1. The highest BCUT2D eigenvalue weighted by Gasteiger charge is 2.28. The lowest BCUT2D eigenvalue weighted by atomic mass is 10.1. The first-order chi connectivity index (χ1) is 14.6. The lowest BCUT2D eigenvalue weighted by Gasteiger charge is -2.12. The summed E-state index contributed by atoms with van der Waals surface area (Å²) in [7, 11) is 1.60. The molecular weight excluding hydrogens is 380 g/mol. The standard InChI is InChI=1S/C23H24N4O3/c1-30-19-9-5-8-17(10-19)11-22(28)26-18-12-21-20(14-25-27(21)15-18)23(29)24-13-16-6-3-2-4-7-16/h2-10,14,18H,11-13,15H2,1H3,(H,24,29)(H,26,28)/t18-/m0/s1. The van der Waals surface area contributed by atoms with E-state index in [4.69, 9.17) is 4.74 Å². The van der Waals surface area contributed by atoms with Crippen molar-refractivity contribution in [1.82, 2.24) is 20.4 Å². The molecule has 0 bridgehead atoms. The third-order valence-corrected chi connectivity index (χ3v) is 5.19. The summed E-state index contributed by atoms with van der Waals surface area (Å²) in [6, 6.07) is 17.2. The lowest BCUT2D eigenvalue weighted by molar-refractivity contribution is -0.121. The SMILES string of the molecule is COc1cccc(CC(=O)N[C@H]2Cc3c(C(=O)NCc4ccccc4)cnn3C2)c1. The van der Waals surface area contributed by atoms with Crippen molar-refractivity contribution < 1.29 is 14.3 Å². The van der Waals surface area contributed by atoms with Crippen molar-refractivity contribution in [3.8, 4) is 5.75 Å². The Morgan fingerprint density at radius 1 is 1.13 bits per heavy atom. The average Bonchev–Trinajstić information content (AvgIpc) is 3.33. The zero-order chi connectivity index (χ0) is 20.9. The van der Waals surface area contributed by atoms with E-state index in [9.17, 15) is 9.59 Å². The largest absolute Gasteiger partial charge is 0.497 e. The van der Waals surface area contributed by atoms with E-state index < -0.39 is 0 Å². The molecule has 1 aliphatic heterocycles. The predicted octanol–water partition coefficient (Wildman–Crippen LogP) is 2.11. The van der Waals surface area contributed by atoms with Gasteiger partial charge in [-0.15, -0.1) is 0 Å². The molecule has 3 aromatic rings. The zero-order valence-corrected chi connectivity index (χ0v) is 16.8. The first kappa shape index (κ1) is 19.7. The van der Waals surface area contributed by atoms with E-state index in [2.05, 4.69) is 15.7 Å². The van der Waals surface area contributed by atoms with Crippen LogP contribution in [-0.4, -0.2) is 34.7 Å². The van der Waals surface area contributed by atoms with Gasteiger partial charge in [0.1, 0.15) is 5.75 Å². The fraction of sp³-hybridized carbons (Fsp3) is 0.261. The maximum absolute atomic E-state index is 12.6. The van der Waals surface area contributed by atoms with Gasteiger partial charge in [0.05, 0.1) is 43.6 Å². The lowest BCUT2D eigenvalue weighted by Crippen LogP contribution is -2.37. The van der Waals surface area contributed by atoms with Crippen molar-refractivity contribution in [2.75, 3.05) is 7.11 Å². The number of nitrogens with zero attached hydrogens (tertiary/aromatic N) is 2. The Bertz CT molecular complexity index is 1050. The Hall–Kier alpha value is -3.61. The highest BCUT2D eigenvalue weighted by atomic mass is 16.5. The molecule has 7 heteroatoms. The van der Waals surface area contributed by atoms with E-state index in [1.54, 1.807) is 18.0 Å². The minimum Gasteiger partial charge on any atom is -0.497 e. The molecule has 30 heavy (non-hydrogen) atoms. The zero-order valence-electron chi connectivity index (χ0n) is 16.8. The molecule has 0 spiro atoms. The second-order valence-corrected chi connectivity index (χ2v) is 7.35. The molecule has 0 fully saturated rings. The highest BCUT2D eigenvalue weighted by Crippen LogP contribution is 2.19. The summed E-state index contributed by atoms with van der Waals surface area (Å²) >= 11 is 0. The van der Waals surface area contributed by atoms with Crippen molar-refractivity contribution in [3.05, 3.63) is 83.2 Å². The van der Waals surface area contributed by atoms with Crippen LogP contribution < -0.4 is 15.4 Å². The summed E-state index contributed by atoms with van der Waals surface area (Å²) in [6.45, 7) is 1.02. The van der Waals surface area contributed by atoms with Crippen molar-refractivity contribution in [1.29, 1.82) is 0 Å². The van der Waals surface area contributed by atoms with Crippen LogP contribution in [0.2, 0.25) is 0 Å². The molecular formula is C23H24N4O3. The first-order valence-electron chi connectivity index (χ1n) is 9.91. The maximum atomic E-state index is 12.6. The molecule has 2 N–H and O–H groups in total. The number of benzene rings is 2. The number of aromatic nitrogens is 2. The van der Waals surface area contributed by atoms with Gasteiger partial charge in [-0.05, 0) is 23.3 Å². The smallest absolute Gasteiger partial charge is 0.255 e. The molecule has 1 aliphatic rings. The van der Waals surface area contributed by atoms with Crippen LogP contribution in [0.3, 0.4) is 0 Å². The van der Waals surface area contributed by atoms with Crippen LogP contribution in [0, 0.1) is 0 Å². The maximum Gasteiger partial charge on any atom is 0.255 e. The van der Waals surface area contributed by atoms with Gasteiger partial charge in [0.15, 0.2) is 0 Å². The third-order valence-electron chi connectivity index (χ3n) is 5.19.